The van der Waals surface area contributed by atoms with Crippen molar-refractivity contribution in [3.63, 3.8) is 0 Å². The number of hydrogen-bond donors (Lipinski definition) is 3. The molecular weight excluding hydrogens is 196 g/mol. The maximum Gasteiger partial charge on any atom is 0.323 e. The highest BCUT2D eigenvalue weighted by Gasteiger charge is 2.14. The van der Waals surface area contributed by atoms with Gasteiger partial charge in [0, 0.05) is 0 Å². The van der Waals surface area contributed by atoms with E-state index in [1.807, 2.05) is 0 Å². The summed E-state index contributed by atoms with van der Waals surface area (Å²) in [4.78, 5) is 12.8. The van der Waals surface area contributed by atoms with Crippen molar-refractivity contribution in [1.82, 2.24) is 10.4 Å². The minimum Gasteiger partial charge on any atom is -0.480 e. The summed E-state index contributed by atoms with van der Waals surface area (Å²) in [6.45, 7) is 7.26. The van der Waals surface area contributed by atoms with Crippen LogP contribution in [0.3, 0.4) is 0 Å². The number of hydroxylamine groups is 1. The molecule has 0 bridgehead atoms. The summed E-state index contributed by atoms with van der Waals surface area (Å²) in [6.07, 6.45) is 2.24. The third-order valence-electron chi connectivity index (χ3n) is 2.57. The number of hydrogen-bond acceptors (Lipinski definition) is 4. The van der Waals surface area contributed by atoms with Crippen molar-refractivity contribution in [1.29, 1.82) is 0 Å². The van der Waals surface area contributed by atoms with E-state index in [1.54, 1.807) is 5.48 Å². The van der Waals surface area contributed by atoms with E-state index in [0.29, 0.717) is 6.42 Å². The predicted molar refractivity (Wildman–Crippen MR) is 58.0 cm³/mol. The topological polar surface area (TPSA) is 72.8 Å². The second kappa shape index (κ2) is 8.64. The van der Waals surface area contributed by atoms with Gasteiger partial charge in [-0.25, -0.2) is 0 Å². The number of unbranched alkanes of at least 4 members (excludes halogenated alkanes) is 1. The van der Waals surface area contributed by atoms with Crippen LogP contribution in [0, 0.1) is 0 Å². The third kappa shape index (κ3) is 6.43. The molecule has 0 saturated heterocycles. The fourth-order valence-electron chi connectivity index (χ4n) is 1.47. The Hall–Kier alpha value is -0.650. The molecule has 0 saturated carbocycles. The van der Waals surface area contributed by atoms with Gasteiger partial charge in [-0.15, -0.1) is 0 Å². The zero-order chi connectivity index (χ0) is 11.7. The number of aliphatic carboxylic acids is 1. The van der Waals surface area contributed by atoms with Gasteiger partial charge in [0.05, 0.1) is 0 Å². The second-order valence-electron chi connectivity index (χ2n) is 3.54. The maximum absolute atomic E-state index is 10.5. The van der Waals surface area contributed by atoms with Gasteiger partial charge in [0.2, 0.25) is 0 Å². The van der Waals surface area contributed by atoms with Crippen LogP contribution in [0.25, 0.3) is 0 Å². The SMILES string of the molecule is CCN(CC)CCCC[C@H](NO)C(=O)O. The monoisotopic (exact) mass is 218 g/mol. The normalized spacial score (nSPS) is 13.1. The fourth-order valence-corrected chi connectivity index (χ4v) is 1.47. The summed E-state index contributed by atoms with van der Waals surface area (Å²) in [7, 11) is 0. The molecule has 0 fully saturated rings. The van der Waals surface area contributed by atoms with Gasteiger partial charge in [-0.05, 0) is 38.9 Å². The van der Waals surface area contributed by atoms with E-state index in [2.05, 4.69) is 18.7 Å². The van der Waals surface area contributed by atoms with Crippen molar-refractivity contribution in [3.05, 3.63) is 0 Å². The Kier molecular flexibility index (Phi) is 8.27. The zero-order valence-corrected chi connectivity index (χ0v) is 9.57. The molecule has 1 atom stereocenters. The Morgan fingerprint density at radius 1 is 1.33 bits per heavy atom. The van der Waals surface area contributed by atoms with Crippen molar-refractivity contribution in [2.24, 2.45) is 0 Å². The molecule has 0 aromatic carbocycles. The molecule has 0 aliphatic rings. The first-order valence-electron chi connectivity index (χ1n) is 5.50. The minimum absolute atomic E-state index is 0.465. The molecule has 0 radical (unpaired) electrons. The molecule has 0 aromatic heterocycles. The number of rotatable bonds is 9. The molecule has 0 aromatic rings. The van der Waals surface area contributed by atoms with Crippen molar-refractivity contribution in [2.45, 2.75) is 39.2 Å². The van der Waals surface area contributed by atoms with Crippen LogP contribution < -0.4 is 5.48 Å². The predicted octanol–water partition coefficient (Wildman–Crippen LogP) is 0.930. The van der Waals surface area contributed by atoms with Gasteiger partial charge in [-0.3, -0.25) is 4.79 Å². The molecule has 0 amide bonds. The number of carboxylic acid groups (broad SMARTS) is 1. The molecule has 90 valence electrons. The van der Waals surface area contributed by atoms with Crippen LogP contribution in [-0.2, 0) is 4.79 Å². The van der Waals surface area contributed by atoms with E-state index in [-0.39, 0.29) is 0 Å². The lowest BCUT2D eigenvalue weighted by Gasteiger charge is -2.18. The first kappa shape index (κ1) is 14.3. The lowest BCUT2D eigenvalue weighted by molar-refractivity contribution is -0.142. The van der Waals surface area contributed by atoms with Crippen LogP contribution in [0.5, 0.6) is 0 Å². The smallest absolute Gasteiger partial charge is 0.323 e. The van der Waals surface area contributed by atoms with E-state index in [0.717, 1.165) is 32.5 Å². The minimum atomic E-state index is -1.000. The quantitative estimate of drug-likeness (QED) is 0.396. The van der Waals surface area contributed by atoms with Crippen LogP contribution in [-0.4, -0.2) is 46.9 Å². The molecule has 15 heavy (non-hydrogen) atoms. The summed E-state index contributed by atoms with van der Waals surface area (Å²) in [5.74, 6) is -1.000. The molecule has 5 nitrogen and oxygen atoms in total. The Morgan fingerprint density at radius 2 is 1.93 bits per heavy atom. The maximum atomic E-state index is 10.5. The van der Waals surface area contributed by atoms with Crippen LogP contribution in [0.2, 0.25) is 0 Å². The summed E-state index contributed by atoms with van der Waals surface area (Å²) in [6, 6.07) is -0.832. The van der Waals surface area contributed by atoms with Gasteiger partial charge in [0.15, 0.2) is 0 Å². The number of carboxylic acids is 1. The van der Waals surface area contributed by atoms with Gasteiger partial charge < -0.3 is 15.2 Å². The van der Waals surface area contributed by atoms with Crippen molar-refractivity contribution >= 4 is 5.97 Å². The van der Waals surface area contributed by atoms with E-state index in [1.165, 1.54) is 0 Å². The Bertz CT molecular complexity index is 172. The first-order valence-corrected chi connectivity index (χ1v) is 5.50. The summed E-state index contributed by atoms with van der Waals surface area (Å²) in [5, 5.41) is 17.2. The van der Waals surface area contributed by atoms with Gasteiger partial charge in [-0.2, -0.15) is 5.48 Å². The van der Waals surface area contributed by atoms with Gasteiger partial charge in [0.1, 0.15) is 6.04 Å². The molecule has 0 unspecified atom stereocenters. The number of nitrogens with zero attached hydrogens (tertiary/aromatic N) is 1. The lowest BCUT2D eigenvalue weighted by Crippen LogP contribution is -2.34. The largest absolute Gasteiger partial charge is 0.480 e. The van der Waals surface area contributed by atoms with Gasteiger partial charge >= 0.3 is 5.97 Å². The molecule has 3 N–H and O–H groups in total. The third-order valence-corrected chi connectivity index (χ3v) is 2.57. The highest BCUT2D eigenvalue weighted by atomic mass is 16.5. The van der Waals surface area contributed by atoms with Crippen LogP contribution in [0.1, 0.15) is 33.1 Å². The molecule has 0 aliphatic heterocycles. The number of nitrogens with one attached hydrogen (secondary N) is 1. The Labute approximate surface area is 91.0 Å². The standard InChI is InChI=1S/C10H22N2O3/c1-3-12(4-2)8-6-5-7-9(11-15)10(13)14/h9,11,15H,3-8H2,1-2H3,(H,13,14)/t9-/m0/s1. The van der Waals surface area contributed by atoms with Gasteiger partial charge in [-0.1, -0.05) is 13.8 Å². The van der Waals surface area contributed by atoms with E-state index in [9.17, 15) is 4.79 Å². The highest BCUT2D eigenvalue weighted by molar-refractivity contribution is 5.73. The fraction of sp³-hybridized carbons (Fsp3) is 0.900. The molecular formula is C10H22N2O3. The average molecular weight is 218 g/mol. The molecule has 0 spiro atoms. The van der Waals surface area contributed by atoms with E-state index < -0.39 is 12.0 Å². The second-order valence-corrected chi connectivity index (χ2v) is 3.54. The molecule has 5 heteroatoms. The molecule has 0 rings (SSSR count). The lowest BCUT2D eigenvalue weighted by atomic mass is 10.1. The van der Waals surface area contributed by atoms with Crippen LogP contribution in [0.15, 0.2) is 0 Å². The Balaban J connectivity index is 3.56. The van der Waals surface area contributed by atoms with E-state index in [4.69, 9.17) is 10.3 Å². The van der Waals surface area contributed by atoms with Crippen molar-refractivity contribution in [3.8, 4) is 0 Å². The summed E-state index contributed by atoms with van der Waals surface area (Å²) in [5.41, 5.74) is 1.80. The van der Waals surface area contributed by atoms with Crippen molar-refractivity contribution in [2.75, 3.05) is 19.6 Å². The van der Waals surface area contributed by atoms with E-state index >= 15 is 0 Å². The highest BCUT2D eigenvalue weighted by Crippen LogP contribution is 2.02. The number of carbonyl (C=O) groups is 1. The first-order chi connectivity index (χ1) is 7.15. The summed E-state index contributed by atoms with van der Waals surface area (Å²) < 4.78 is 0. The van der Waals surface area contributed by atoms with Crippen LogP contribution in [0.4, 0.5) is 0 Å². The van der Waals surface area contributed by atoms with Crippen molar-refractivity contribution < 1.29 is 15.1 Å². The van der Waals surface area contributed by atoms with Crippen LogP contribution >= 0.6 is 0 Å². The molecule has 0 aliphatic carbocycles. The Morgan fingerprint density at radius 3 is 2.33 bits per heavy atom. The molecule has 0 heterocycles. The average Bonchev–Trinajstić information content (AvgIpc) is 2.23. The van der Waals surface area contributed by atoms with Gasteiger partial charge in [0.25, 0.3) is 0 Å². The zero-order valence-electron chi connectivity index (χ0n) is 9.57. The summed E-state index contributed by atoms with van der Waals surface area (Å²) >= 11 is 0.